The smallest absolute Gasteiger partial charge is 0.325 e. The molecule has 6 nitrogen and oxygen atoms in total. The molecular formula is C14H16ClN3O3. The van der Waals surface area contributed by atoms with E-state index in [4.69, 9.17) is 11.6 Å². The molecule has 1 atom stereocenters. The number of imide groups is 1. The Bertz CT molecular complexity index is 576. The molecule has 112 valence electrons. The van der Waals surface area contributed by atoms with E-state index in [2.05, 4.69) is 10.6 Å². The van der Waals surface area contributed by atoms with Gasteiger partial charge in [0.15, 0.2) is 0 Å². The fourth-order valence-corrected chi connectivity index (χ4v) is 2.29. The lowest BCUT2D eigenvalue weighted by molar-refractivity contribution is -0.130. The van der Waals surface area contributed by atoms with E-state index >= 15 is 0 Å². The quantitative estimate of drug-likeness (QED) is 0.817. The molecule has 4 amide bonds. The Hall–Kier alpha value is -2.08. The molecule has 7 heteroatoms. The third kappa shape index (κ3) is 3.52. The van der Waals surface area contributed by atoms with Crippen LogP contribution >= 0.6 is 11.6 Å². The van der Waals surface area contributed by atoms with E-state index in [0.29, 0.717) is 17.1 Å². The maximum Gasteiger partial charge on any atom is 0.325 e. The highest BCUT2D eigenvalue weighted by Gasteiger charge is 2.38. The number of halogens is 1. The van der Waals surface area contributed by atoms with Crippen molar-refractivity contribution in [3.8, 4) is 0 Å². The number of rotatable bonds is 5. The highest BCUT2D eigenvalue weighted by atomic mass is 35.5. The van der Waals surface area contributed by atoms with Crippen molar-refractivity contribution < 1.29 is 14.4 Å². The molecule has 1 aromatic rings. The molecule has 0 aromatic heterocycles. The van der Waals surface area contributed by atoms with Crippen molar-refractivity contribution in [3.63, 3.8) is 0 Å². The lowest BCUT2D eigenvalue weighted by Crippen LogP contribution is -2.38. The Morgan fingerprint density at radius 2 is 2.10 bits per heavy atom. The number of amides is 4. The second-order valence-electron chi connectivity index (χ2n) is 4.74. The number of hydrogen-bond acceptors (Lipinski definition) is 3. The van der Waals surface area contributed by atoms with Crippen molar-refractivity contribution in [1.29, 1.82) is 0 Å². The van der Waals surface area contributed by atoms with E-state index in [0.717, 1.165) is 11.3 Å². The van der Waals surface area contributed by atoms with E-state index in [1.165, 1.54) is 0 Å². The van der Waals surface area contributed by atoms with Crippen molar-refractivity contribution in [2.75, 3.05) is 11.9 Å². The van der Waals surface area contributed by atoms with Gasteiger partial charge in [0, 0.05) is 0 Å². The minimum Gasteiger partial charge on any atom is -0.326 e. The summed E-state index contributed by atoms with van der Waals surface area (Å²) in [5.74, 6) is -0.833. The molecule has 0 radical (unpaired) electrons. The second kappa shape index (κ2) is 6.58. The SMILES string of the molecule is CCC[C@H]1NC(=O)N(CC(=O)Nc2ccccc2Cl)C1=O. The van der Waals surface area contributed by atoms with Crippen LogP contribution in [0.25, 0.3) is 0 Å². The lowest BCUT2D eigenvalue weighted by Gasteiger charge is -2.13. The largest absolute Gasteiger partial charge is 0.326 e. The predicted octanol–water partition coefficient (Wildman–Crippen LogP) is 2.00. The Balaban J connectivity index is 1.98. The Kier molecular flexibility index (Phi) is 4.80. The molecule has 21 heavy (non-hydrogen) atoms. The molecule has 2 N–H and O–H groups in total. The summed E-state index contributed by atoms with van der Waals surface area (Å²) in [6, 6.07) is 5.69. The van der Waals surface area contributed by atoms with Crippen LogP contribution in [0.3, 0.4) is 0 Å². The topological polar surface area (TPSA) is 78.5 Å². The zero-order valence-electron chi connectivity index (χ0n) is 11.6. The third-order valence-corrected chi connectivity index (χ3v) is 3.46. The van der Waals surface area contributed by atoms with Crippen LogP contribution in [0.4, 0.5) is 10.5 Å². The Labute approximate surface area is 127 Å². The minimum atomic E-state index is -0.534. The number of hydrogen-bond donors (Lipinski definition) is 2. The molecule has 0 saturated carbocycles. The molecule has 2 rings (SSSR count). The summed E-state index contributed by atoms with van der Waals surface area (Å²) in [6.45, 7) is 1.60. The summed E-state index contributed by atoms with van der Waals surface area (Å²) in [5.41, 5.74) is 0.446. The number of urea groups is 1. The average Bonchev–Trinajstić information content (AvgIpc) is 2.70. The van der Waals surface area contributed by atoms with Gasteiger partial charge in [-0.05, 0) is 18.6 Å². The molecule has 1 aliphatic heterocycles. The number of anilines is 1. The first-order valence-electron chi connectivity index (χ1n) is 6.69. The van der Waals surface area contributed by atoms with Gasteiger partial charge in [0.25, 0.3) is 5.91 Å². The van der Waals surface area contributed by atoms with Crippen LogP contribution in [0.5, 0.6) is 0 Å². The first-order chi connectivity index (χ1) is 10.0. The highest BCUT2D eigenvalue weighted by molar-refractivity contribution is 6.33. The molecular weight excluding hydrogens is 294 g/mol. The normalized spacial score (nSPS) is 17.8. The fourth-order valence-electron chi connectivity index (χ4n) is 2.11. The first kappa shape index (κ1) is 15.3. The zero-order valence-corrected chi connectivity index (χ0v) is 12.3. The van der Waals surface area contributed by atoms with Crippen LogP contribution in [0.1, 0.15) is 19.8 Å². The minimum absolute atomic E-state index is 0.323. The van der Waals surface area contributed by atoms with Gasteiger partial charge in [-0.15, -0.1) is 0 Å². The molecule has 1 saturated heterocycles. The second-order valence-corrected chi connectivity index (χ2v) is 5.15. The molecule has 1 aliphatic rings. The van der Waals surface area contributed by atoms with Crippen molar-refractivity contribution >= 4 is 35.1 Å². The van der Waals surface area contributed by atoms with Crippen LogP contribution in [-0.4, -0.2) is 35.3 Å². The van der Waals surface area contributed by atoms with Crippen molar-refractivity contribution in [1.82, 2.24) is 10.2 Å². The van der Waals surface area contributed by atoms with Crippen molar-refractivity contribution in [3.05, 3.63) is 29.3 Å². The van der Waals surface area contributed by atoms with Crippen LogP contribution < -0.4 is 10.6 Å². The van der Waals surface area contributed by atoms with E-state index in [9.17, 15) is 14.4 Å². The molecule has 1 aromatic carbocycles. The standard InChI is InChI=1S/C14H16ClN3O3/c1-2-5-11-13(20)18(14(21)17-11)8-12(19)16-10-7-4-3-6-9(10)15/h3-4,6-7,11H,2,5,8H2,1H3,(H,16,19)(H,17,21)/t11-/m1/s1. The van der Waals surface area contributed by atoms with Crippen molar-refractivity contribution in [2.45, 2.75) is 25.8 Å². The van der Waals surface area contributed by atoms with Gasteiger partial charge in [0.1, 0.15) is 12.6 Å². The summed E-state index contributed by atoms with van der Waals surface area (Å²) in [4.78, 5) is 36.6. The van der Waals surface area contributed by atoms with E-state index < -0.39 is 18.0 Å². The molecule has 1 heterocycles. The number of carbonyl (C=O) groups excluding carboxylic acids is 3. The van der Waals surface area contributed by atoms with Gasteiger partial charge in [-0.3, -0.25) is 14.5 Å². The highest BCUT2D eigenvalue weighted by Crippen LogP contribution is 2.20. The number of nitrogens with one attached hydrogen (secondary N) is 2. The van der Waals surface area contributed by atoms with E-state index in [1.54, 1.807) is 24.3 Å². The molecule has 0 unspecified atom stereocenters. The van der Waals surface area contributed by atoms with Crippen molar-refractivity contribution in [2.24, 2.45) is 0 Å². The lowest BCUT2D eigenvalue weighted by atomic mass is 10.2. The first-order valence-corrected chi connectivity index (χ1v) is 7.07. The van der Waals surface area contributed by atoms with Gasteiger partial charge in [-0.1, -0.05) is 37.1 Å². The summed E-state index contributed by atoms with van der Waals surface area (Å²) in [7, 11) is 0. The molecule has 0 aliphatic carbocycles. The van der Waals surface area contributed by atoms with Crippen LogP contribution in [0.2, 0.25) is 5.02 Å². The summed E-state index contributed by atoms with van der Waals surface area (Å²) < 4.78 is 0. The maximum atomic E-state index is 12.0. The summed E-state index contributed by atoms with van der Waals surface area (Å²) in [5, 5.41) is 5.54. The molecule has 0 bridgehead atoms. The predicted molar refractivity (Wildman–Crippen MR) is 79.0 cm³/mol. The number of nitrogens with zero attached hydrogens (tertiary/aromatic N) is 1. The van der Waals surface area contributed by atoms with Crippen LogP contribution in [0, 0.1) is 0 Å². The molecule has 1 fully saturated rings. The van der Waals surface area contributed by atoms with E-state index in [1.807, 2.05) is 6.92 Å². The number of para-hydroxylation sites is 1. The Morgan fingerprint density at radius 1 is 1.38 bits per heavy atom. The third-order valence-electron chi connectivity index (χ3n) is 3.13. The number of benzene rings is 1. The summed E-state index contributed by atoms with van der Waals surface area (Å²) in [6.07, 6.45) is 1.34. The molecule has 0 spiro atoms. The van der Waals surface area contributed by atoms with Gasteiger partial charge in [-0.25, -0.2) is 4.79 Å². The average molecular weight is 310 g/mol. The number of carbonyl (C=O) groups is 3. The van der Waals surface area contributed by atoms with Gasteiger partial charge in [0.2, 0.25) is 5.91 Å². The van der Waals surface area contributed by atoms with Gasteiger partial charge in [-0.2, -0.15) is 0 Å². The monoisotopic (exact) mass is 309 g/mol. The Morgan fingerprint density at radius 3 is 2.76 bits per heavy atom. The maximum absolute atomic E-state index is 12.0. The zero-order chi connectivity index (χ0) is 15.4. The van der Waals surface area contributed by atoms with Gasteiger partial charge < -0.3 is 10.6 Å². The summed E-state index contributed by atoms with van der Waals surface area (Å²) >= 11 is 5.93. The van der Waals surface area contributed by atoms with E-state index in [-0.39, 0.29) is 12.5 Å². The fraction of sp³-hybridized carbons (Fsp3) is 0.357. The van der Waals surface area contributed by atoms with Gasteiger partial charge in [0.05, 0.1) is 10.7 Å². The van der Waals surface area contributed by atoms with Crippen LogP contribution in [0.15, 0.2) is 24.3 Å². The van der Waals surface area contributed by atoms with Gasteiger partial charge >= 0.3 is 6.03 Å². The van der Waals surface area contributed by atoms with Crippen LogP contribution in [-0.2, 0) is 9.59 Å².